The maximum atomic E-state index is 3.57. The summed E-state index contributed by atoms with van der Waals surface area (Å²) in [5.74, 6) is 0. The standard InChI is InChI=1S/C9H14.2C2H6/c1-4-6-7-8-9(3)5-2;2*1-2/h4,6-8H,1,5H2,2-3H3;2*1-2H3/b7-6-,9-8+;;. The number of hydrogen-bond acceptors (Lipinski definition) is 0. The van der Waals surface area contributed by atoms with Crippen molar-refractivity contribution in [3.05, 3.63) is 36.5 Å². The second-order valence-electron chi connectivity index (χ2n) is 1.99. The van der Waals surface area contributed by atoms with E-state index in [1.165, 1.54) is 5.57 Å². The SMILES string of the molecule is C=C/C=C\C=C(/C)CC.CC.CC. The molecule has 0 saturated heterocycles. The van der Waals surface area contributed by atoms with Gasteiger partial charge < -0.3 is 0 Å². The van der Waals surface area contributed by atoms with Crippen LogP contribution in [-0.2, 0) is 0 Å². The van der Waals surface area contributed by atoms with Crippen LogP contribution in [0.2, 0.25) is 0 Å². The Morgan fingerprint density at radius 2 is 1.54 bits per heavy atom. The largest absolute Gasteiger partial charge is 0.0991 e. The van der Waals surface area contributed by atoms with Crippen molar-refractivity contribution in [3.63, 3.8) is 0 Å². The molecule has 13 heavy (non-hydrogen) atoms. The Hall–Kier alpha value is -0.780. The van der Waals surface area contributed by atoms with Crippen molar-refractivity contribution in [2.24, 2.45) is 0 Å². The van der Waals surface area contributed by atoms with Crippen LogP contribution in [0, 0.1) is 0 Å². The molecule has 78 valence electrons. The van der Waals surface area contributed by atoms with Gasteiger partial charge in [0.25, 0.3) is 0 Å². The van der Waals surface area contributed by atoms with Crippen LogP contribution in [0.5, 0.6) is 0 Å². The molecule has 0 atom stereocenters. The van der Waals surface area contributed by atoms with Crippen LogP contribution in [-0.4, -0.2) is 0 Å². The van der Waals surface area contributed by atoms with Crippen LogP contribution < -0.4 is 0 Å². The fourth-order valence-electron chi connectivity index (χ4n) is 0.416. The summed E-state index contributed by atoms with van der Waals surface area (Å²) in [5.41, 5.74) is 1.40. The third-order valence-electron chi connectivity index (χ3n) is 1.19. The van der Waals surface area contributed by atoms with E-state index < -0.39 is 0 Å². The van der Waals surface area contributed by atoms with Gasteiger partial charge >= 0.3 is 0 Å². The summed E-state index contributed by atoms with van der Waals surface area (Å²) in [4.78, 5) is 0. The van der Waals surface area contributed by atoms with Crippen molar-refractivity contribution in [2.75, 3.05) is 0 Å². The molecule has 0 bridgehead atoms. The highest BCUT2D eigenvalue weighted by Crippen LogP contribution is 1.96. The Bertz CT molecular complexity index is 127. The van der Waals surface area contributed by atoms with Gasteiger partial charge in [0.05, 0.1) is 0 Å². The fraction of sp³-hybridized carbons (Fsp3) is 0.538. The van der Waals surface area contributed by atoms with E-state index in [-0.39, 0.29) is 0 Å². The summed E-state index contributed by atoms with van der Waals surface area (Å²) in [7, 11) is 0. The molecular formula is C13H26. The van der Waals surface area contributed by atoms with Crippen molar-refractivity contribution < 1.29 is 0 Å². The van der Waals surface area contributed by atoms with Crippen molar-refractivity contribution >= 4 is 0 Å². The Morgan fingerprint density at radius 3 is 1.85 bits per heavy atom. The lowest BCUT2D eigenvalue weighted by Gasteiger charge is -1.87. The first kappa shape index (κ1) is 18.1. The molecule has 0 aromatic heterocycles. The molecule has 0 fully saturated rings. The van der Waals surface area contributed by atoms with E-state index in [0.29, 0.717) is 0 Å². The molecule has 0 aliphatic carbocycles. The second kappa shape index (κ2) is 22.5. The number of allylic oxidation sites excluding steroid dienone is 5. The van der Waals surface area contributed by atoms with E-state index >= 15 is 0 Å². The monoisotopic (exact) mass is 182 g/mol. The predicted molar refractivity (Wildman–Crippen MR) is 66.1 cm³/mol. The van der Waals surface area contributed by atoms with Gasteiger partial charge in [-0.25, -0.2) is 0 Å². The zero-order valence-corrected chi connectivity index (χ0v) is 10.2. The van der Waals surface area contributed by atoms with E-state index in [4.69, 9.17) is 0 Å². The van der Waals surface area contributed by atoms with Crippen LogP contribution in [0.3, 0.4) is 0 Å². The van der Waals surface area contributed by atoms with E-state index in [2.05, 4.69) is 26.5 Å². The molecule has 0 spiro atoms. The lowest BCUT2D eigenvalue weighted by atomic mass is 10.2. The maximum Gasteiger partial charge on any atom is -0.0349 e. The molecule has 0 aliphatic rings. The Balaban J connectivity index is -0.000000218. The van der Waals surface area contributed by atoms with Gasteiger partial charge in [0.1, 0.15) is 0 Å². The zero-order chi connectivity index (χ0) is 11.1. The summed E-state index contributed by atoms with van der Waals surface area (Å²) in [6, 6.07) is 0. The average molecular weight is 182 g/mol. The fourth-order valence-corrected chi connectivity index (χ4v) is 0.416. The Kier molecular flexibility index (Phi) is 31.3. The van der Waals surface area contributed by atoms with Gasteiger partial charge in [0.15, 0.2) is 0 Å². The van der Waals surface area contributed by atoms with Crippen LogP contribution in [0.25, 0.3) is 0 Å². The molecule has 0 saturated carbocycles. The minimum Gasteiger partial charge on any atom is -0.0991 e. The molecular weight excluding hydrogens is 156 g/mol. The van der Waals surface area contributed by atoms with Crippen LogP contribution in [0.1, 0.15) is 48.0 Å². The van der Waals surface area contributed by atoms with Gasteiger partial charge in [0.2, 0.25) is 0 Å². The first-order valence-corrected chi connectivity index (χ1v) is 5.26. The van der Waals surface area contributed by atoms with Gasteiger partial charge in [-0.1, -0.05) is 71.1 Å². The molecule has 0 amide bonds. The zero-order valence-electron chi connectivity index (χ0n) is 10.2. The van der Waals surface area contributed by atoms with Gasteiger partial charge in [-0.2, -0.15) is 0 Å². The molecule has 0 aliphatic heterocycles. The molecule has 0 unspecified atom stereocenters. The van der Waals surface area contributed by atoms with Gasteiger partial charge in [-0.3, -0.25) is 0 Å². The second-order valence-corrected chi connectivity index (χ2v) is 1.99. The summed E-state index contributed by atoms with van der Waals surface area (Å²) in [6.45, 7) is 15.8. The summed E-state index contributed by atoms with van der Waals surface area (Å²) >= 11 is 0. The Labute approximate surface area is 85.1 Å². The molecule has 0 aromatic carbocycles. The molecule has 0 heteroatoms. The minimum absolute atomic E-state index is 1.13. The summed E-state index contributed by atoms with van der Waals surface area (Å²) in [6.07, 6.45) is 8.94. The summed E-state index contributed by atoms with van der Waals surface area (Å²) < 4.78 is 0. The van der Waals surface area contributed by atoms with Gasteiger partial charge in [0, 0.05) is 0 Å². The van der Waals surface area contributed by atoms with Crippen LogP contribution in [0.4, 0.5) is 0 Å². The Morgan fingerprint density at radius 1 is 1.08 bits per heavy atom. The first-order chi connectivity index (χ1) is 6.31. The van der Waals surface area contributed by atoms with Crippen molar-refractivity contribution in [1.82, 2.24) is 0 Å². The lowest BCUT2D eigenvalue weighted by Crippen LogP contribution is -1.66. The van der Waals surface area contributed by atoms with Gasteiger partial charge in [-0.05, 0) is 13.3 Å². The molecule has 0 radical (unpaired) electrons. The van der Waals surface area contributed by atoms with Crippen molar-refractivity contribution in [3.8, 4) is 0 Å². The van der Waals surface area contributed by atoms with E-state index in [9.17, 15) is 0 Å². The smallest absolute Gasteiger partial charge is 0.0349 e. The number of hydrogen-bond donors (Lipinski definition) is 0. The first-order valence-electron chi connectivity index (χ1n) is 5.26. The molecule has 0 aromatic rings. The van der Waals surface area contributed by atoms with Crippen LogP contribution in [0.15, 0.2) is 36.5 Å². The quantitative estimate of drug-likeness (QED) is 0.530. The molecule has 0 nitrogen and oxygen atoms in total. The third kappa shape index (κ3) is 24.7. The highest BCUT2D eigenvalue weighted by atomic mass is 13.8. The summed E-state index contributed by atoms with van der Waals surface area (Å²) in [5, 5.41) is 0. The van der Waals surface area contributed by atoms with Gasteiger partial charge in [-0.15, -0.1) is 0 Å². The molecule has 0 heterocycles. The van der Waals surface area contributed by atoms with E-state index in [1.54, 1.807) is 6.08 Å². The molecule has 0 rings (SSSR count). The van der Waals surface area contributed by atoms with E-state index in [0.717, 1.165) is 6.42 Å². The normalized spacial score (nSPS) is 9.54. The maximum absolute atomic E-state index is 3.57. The topological polar surface area (TPSA) is 0 Å². The highest BCUT2D eigenvalue weighted by molar-refractivity contribution is 5.13. The predicted octanol–water partition coefficient (Wildman–Crippen LogP) is 5.14. The third-order valence-corrected chi connectivity index (χ3v) is 1.19. The van der Waals surface area contributed by atoms with E-state index in [1.807, 2.05) is 39.8 Å². The van der Waals surface area contributed by atoms with Crippen molar-refractivity contribution in [1.29, 1.82) is 0 Å². The van der Waals surface area contributed by atoms with Crippen molar-refractivity contribution in [2.45, 2.75) is 48.0 Å². The van der Waals surface area contributed by atoms with Crippen LogP contribution >= 0.6 is 0 Å². The number of rotatable bonds is 3. The average Bonchev–Trinajstić information content (AvgIpc) is 2.24. The molecule has 0 N–H and O–H groups in total. The minimum atomic E-state index is 1.13. The highest BCUT2D eigenvalue weighted by Gasteiger charge is 1.76. The lowest BCUT2D eigenvalue weighted by molar-refractivity contribution is 1.10.